The first kappa shape index (κ1) is 54.4. The molecule has 0 spiro atoms. The van der Waals surface area contributed by atoms with Gasteiger partial charge in [-0.3, -0.25) is 0 Å². The molecular weight excluding hydrogens is 909 g/mol. The number of aliphatic hydroxyl groups is 4. The number of hydrogen-bond donors (Lipinski definition) is 8. The Morgan fingerprint density at radius 2 is 0.538 bits per heavy atom. The lowest BCUT2D eigenvalue weighted by molar-refractivity contribution is 0.144. The van der Waals surface area contributed by atoms with Crippen LogP contribution in [-0.2, 0) is 68.6 Å². The maximum atomic E-state index is 10.2. The molecular formula is C48H76O12Si5. The number of aryl methyl sites for hydroxylation is 4. The molecule has 4 rings (SSSR count). The molecule has 0 saturated heterocycles. The second-order valence-electron chi connectivity index (χ2n) is 19.8. The van der Waals surface area contributed by atoms with Crippen LogP contribution in [0, 0.1) is 0 Å². The Bertz CT molecular complexity index is 1830. The van der Waals surface area contributed by atoms with E-state index in [0.29, 0.717) is 22.3 Å². The van der Waals surface area contributed by atoms with Crippen LogP contribution in [0.25, 0.3) is 0 Å². The van der Waals surface area contributed by atoms with Crippen molar-refractivity contribution in [2.24, 2.45) is 0 Å². The number of aromatic hydroxyl groups is 4. The van der Waals surface area contributed by atoms with Crippen molar-refractivity contribution < 1.29 is 57.3 Å². The summed E-state index contributed by atoms with van der Waals surface area (Å²) in [4.78, 5) is 0. The fourth-order valence-electron chi connectivity index (χ4n) is 8.24. The summed E-state index contributed by atoms with van der Waals surface area (Å²) in [6, 6.07) is 24.6. The van der Waals surface area contributed by atoms with Gasteiger partial charge in [-0.25, -0.2) is 0 Å². The summed E-state index contributed by atoms with van der Waals surface area (Å²) in [6.07, 6.45) is 6.22. The standard InChI is InChI=1S/C48H76O12Si5/c1-61(2,25-9-13-37-17-21-45(53)41(29-37)33-49)57-65(58-62(3,4)26-10-14-38-18-22-46(54)42(30-38)34-50,59-63(5,6)27-11-15-39-19-23-47(55)43(31-39)35-51)60-64(7,8)28-12-16-40-20-24-48(56)44(32-40)36-52/h17-24,29-32,49-56H,9-16,25-28,33-36H2,1-8H3. The highest BCUT2D eigenvalue weighted by Crippen LogP contribution is 2.36. The van der Waals surface area contributed by atoms with Crippen molar-refractivity contribution in [3.8, 4) is 23.0 Å². The van der Waals surface area contributed by atoms with Crippen LogP contribution in [0.1, 0.15) is 70.2 Å². The van der Waals surface area contributed by atoms with E-state index in [2.05, 4.69) is 52.4 Å². The third kappa shape index (κ3) is 17.8. The third-order valence-corrected chi connectivity index (χ3v) is 30.9. The molecule has 0 bridgehead atoms. The minimum Gasteiger partial charge on any atom is -0.508 e. The molecule has 0 fully saturated rings. The lowest BCUT2D eigenvalue weighted by Gasteiger charge is -2.46. The van der Waals surface area contributed by atoms with Gasteiger partial charge in [0.15, 0.2) is 33.3 Å². The molecule has 0 aromatic heterocycles. The molecule has 12 nitrogen and oxygen atoms in total. The first-order chi connectivity index (χ1) is 30.5. The second-order valence-corrected chi connectivity index (χ2v) is 40.2. The van der Waals surface area contributed by atoms with Gasteiger partial charge in [0.05, 0.1) is 26.4 Å². The van der Waals surface area contributed by atoms with Gasteiger partial charge in [0.1, 0.15) is 23.0 Å². The molecule has 0 aliphatic heterocycles. The molecule has 8 N–H and O–H groups in total. The van der Waals surface area contributed by atoms with Crippen LogP contribution < -0.4 is 0 Å². The highest BCUT2D eigenvalue weighted by Gasteiger charge is 2.58. The average Bonchev–Trinajstić information content (AvgIpc) is 3.22. The molecule has 360 valence electrons. The first-order valence-corrected chi connectivity index (χ1v) is 37.1. The van der Waals surface area contributed by atoms with Gasteiger partial charge in [-0.2, -0.15) is 0 Å². The van der Waals surface area contributed by atoms with E-state index in [9.17, 15) is 40.9 Å². The molecule has 0 heterocycles. The van der Waals surface area contributed by atoms with E-state index in [1.807, 2.05) is 48.5 Å². The molecule has 0 aliphatic rings. The molecule has 0 atom stereocenters. The number of rotatable bonds is 28. The number of hydrogen-bond acceptors (Lipinski definition) is 12. The van der Waals surface area contributed by atoms with E-state index in [-0.39, 0.29) is 49.4 Å². The van der Waals surface area contributed by atoms with Crippen LogP contribution in [0.4, 0.5) is 0 Å². The fraction of sp³-hybridized carbons (Fsp3) is 0.500. The monoisotopic (exact) mass is 984 g/mol. The SMILES string of the molecule is C[Si](C)(CCCc1ccc(O)c(CO)c1)O[Si](O[Si](C)(C)CCCc1ccc(O)c(CO)c1)(O[Si](C)(C)CCCc1ccc(O)c(CO)c1)O[Si](C)(C)CCCc1ccc(O)c(CO)c1. The Morgan fingerprint density at radius 3 is 0.723 bits per heavy atom. The lowest BCUT2D eigenvalue weighted by Crippen LogP contribution is -2.66. The zero-order chi connectivity index (χ0) is 48.1. The first-order valence-electron chi connectivity index (χ1n) is 23.0. The summed E-state index contributed by atoms with van der Waals surface area (Å²) in [6.45, 7) is 16.7. The molecule has 65 heavy (non-hydrogen) atoms. The molecule has 0 amide bonds. The third-order valence-electron chi connectivity index (χ3n) is 11.8. The van der Waals surface area contributed by atoms with Gasteiger partial charge in [0.25, 0.3) is 0 Å². The normalized spacial score (nSPS) is 12.9. The largest absolute Gasteiger partial charge is 0.636 e. The summed E-state index contributed by atoms with van der Waals surface area (Å²) < 4.78 is 30.1. The zero-order valence-corrected chi connectivity index (χ0v) is 45.0. The molecule has 0 radical (unpaired) electrons. The number of benzene rings is 4. The topological polar surface area (TPSA) is 199 Å². The van der Waals surface area contributed by atoms with Crippen LogP contribution >= 0.6 is 0 Å². The maximum absolute atomic E-state index is 10.2. The maximum Gasteiger partial charge on any atom is 0.636 e. The van der Waals surface area contributed by atoms with Crippen LogP contribution in [0.2, 0.25) is 76.6 Å². The average molecular weight is 986 g/mol. The van der Waals surface area contributed by atoms with Crippen molar-refractivity contribution in [3.05, 3.63) is 117 Å². The predicted molar refractivity (Wildman–Crippen MR) is 269 cm³/mol. The van der Waals surface area contributed by atoms with Gasteiger partial charge in [-0.05, 0) is 199 Å². The summed E-state index contributed by atoms with van der Waals surface area (Å²) in [5.74, 6) is 0.318. The van der Waals surface area contributed by atoms with Crippen molar-refractivity contribution in [2.75, 3.05) is 0 Å². The molecule has 0 saturated carbocycles. The minimum absolute atomic E-state index is 0.0794. The van der Waals surface area contributed by atoms with Gasteiger partial charge in [-0.15, -0.1) is 0 Å². The van der Waals surface area contributed by atoms with Crippen molar-refractivity contribution in [2.45, 2.75) is 154 Å². The fourth-order valence-corrected chi connectivity index (χ4v) is 28.1. The van der Waals surface area contributed by atoms with E-state index >= 15 is 0 Å². The Balaban J connectivity index is 1.67. The highest BCUT2D eigenvalue weighted by atomic mass is 28.5. The molecule has 17 heteroatoms. The summed E-state index contributed by atoms with van der Waals surface area (Å²) in [5, 5.41) is 79.8. The second kappa shape index (κ2) is 24.2. The zero-order valence-electron chi connectivity index (χ0n) is 40.0. The van der Waals surface area contributed by atoms with E-state index in [1.165, 1.54) is 0 Å². The molecule has 4 aromatic carbocycles. The van der Waals surface area contributed by atoms with E-state index < -0.39 is 42.3 Å². The predicted octanol–water partition coefficient (Wildman–Crippen LogP) is 9.63. The van der Waals surface area contributed by atoms with Crippen LogP contribution in [0.15, 0.2) is 72.8 Å². The number of phenols is 4. The van der Waals surface area contributed by atoms with Gasteiger partial charge in [0, 0.05) is 22.3 Å². The summed E-state index contributed by atoms with van der Waals surface area (Å²) in [5.41, 5.74) is 6.11. The van der Waals surface area contributed by atoms with Gasteiger partial charge < -0.3 is 57.3 Å². The lowest BCUT2D eigenvalue weighted by atomic mass is 10.1. The van der Waals surface area contributed by atoms with Gasteiger partial charge in [-0.1, -0.05) is 24.3 Å². The van der Waals surface area contributed by atoms with Crippen LogP contribution in [0.5, 0.6) is 23.0 Å². The van der Waals surface area contributed by atoms with Crippen molar-refractivity contribution in [1.82, 2.24) is 0 Å². The highest BCUT2D eigenvalue weighted by molar-refractivity contribution is 6.92. The number of aliphatic hydroxyl groups excluding tert-OH is 4. The van der Waals surface area contributed by atoms with Crippen LogP contribution in [0.3, 0.4) is 0 Å². The van der Waals surface area contributed by atoms with Crippen LogP contribution in [-0.4, -0.2) is 83.2 Å². The quantitative estimate of drug-likeness (QED) is 0.0251. The summed E-state index contributed by atoms with van der Waals surface area (Å²) in [7, 11) is -14.4. The molecule has 4 aromatic rings. The van der Waals surface area contributed by atoms with E-state index in [4.69, 9.17) is 16.5 Å². The minimum atomic E-state index is -3.96. The Hall–Kier alpha value is -3.16. The summed E-state index contributed by atoms with van der Waals surface area (Å²) >= 11 is 0. The Labute approximate surface area is 392 Å². The Kier molecular flexibility index (Phi) is 20.3. The van der Waals surface area contributed by atoms with Gasteiger partial charge >= 0.3 is 9.05 Å². The smallest absolute Gasteiger partial charge is 0.508 e. The molecule has 0 aliphatic carbocycles. The van der Waals surface area contributed by atoms with Crippen molar-refractivity contribution >= 4 is 42.3 Å². The molecule has 0 unspecified atom stereocenters. The van der Waals surface area contributed by atoms with Crippen molar-refractivity contribution in [3.63, 3.8) is 0 Å². The van der Waals surface area contributed by atoms with Crippen molar-refractivity contribution in [1.29, 1.82) is 0 Å². The van der Waals surface area contributed by atoms with E-state index in [0.717, 1.165) is 97.8 Å². The van der Waals surface area contributed by atoms with Gasteiger partial charge in [0.2, 0.25) is 0 Å². The van der Waals surface area contributed by atoms with E-state index in [1.54, 1.807) is 24.3 Å². The Morgan fingerprint density at radius 1 is 0.338 bits per heavy atom.